The van der Waals surface area contributed by atoms with Crippen LogP contribution in [0.1, 0.15) is 16.2 Å². The van der Waals surface area contributed by atoms with E-state index in [1.165, 1.54) is 12.1 Å². The summed E-state index contributed by atoms with van der Waals surface area (Å²) in [7, 11) is 0. The van der Waals surface area contributed by atoms with Crippen LogP contribution in [0, 0.1) is 17.0 Å². The molecule has 1 aromatic heterocycles. The molecule has 1 aliphatic heterocycles. The van der Waals surface area contributed by atoms with Crippen LogP contribution >= 0.6 is 0 Å². The van der Waals surface area contributed by atoms with Crippen LogP contribution in [0.15, 0.2) is 53.1 Å². The van der Waals surface area contributed by atoms with Crippen LogP contribution in [-0.4, -0.2) is 64.6 Å². The van der Waals surface area contributed by atoms with E-state index in [-0.39, 0.29) is 18.2 Å². The fourth-order valence-corrected chi connectivity index (χ4v) is 3.46. The van der Waals surface area contributed by atoms with Crippen molar-refractivity contribution in [2.24, 2.45) is 0 Å². The Bertz CT molecular complexity index is 1150. The molecule has 3 aromatic rings. The Labute approximate surface area is 188 Å². The van der Waals surface area contributed by atoms with Gasteiger partial charge in [0.15, 0.2) is 12.4 Å². The Morgan fingerprint density at radius 1 is 1.06 bits per heavy atom. The average Bonchev–Trinajstić information content (AvgIpc) is 3.29. The van der Waals surface area contributed by atoms with E-state index in [0.29, 0.717) is 49.0 Å². The standard InChI is InChI=1S/C22H21N5O6/c1-15-23-21(33-24-15)16-2-4-17(5-3-16)22(29)32-14-20(28)26-12-10-25(11-13-26)18-6-8-19(9-7-18)27(30)31/h2-9H,10-14H2,1H3. The number of ether oxygens (including phenoxy) is 1. The molecular weight excluding hydrogens is 430 g/mol. The van der Waals surface area contributed by atoms with E-state index in [0.717, 1.165) is 5.69 Å². The highest BCUT2D eigenvalue weighted by molar-refractivity contribution is 5.91. The zero-order chi connectivity index (χ0) is 23.4. The maximum atomic E-state index is 12.5. The minimum absolute atomic E-state index is 0.0359. The molecule has 0 saturated carbocycles. The van der Waals surface area contributed by atoms with Crippen LogP contribution in [0.5, 0.6) is 0 Å². The number of nitrogens with zero attached hydrogens (tertiary/aromatic N) is 5. The summed E-state index contributed by atoms with van der Waals surface area (Å²) >= 11 is 0. The van der Waals surface area contributed by atoms with Crippen LogP contribution in [0.25, 0.3) is 11.5 Å². The lowest BCUT2D eigenvalue weighted by Crippen LogP contribution is -2.49. The van der Waals surface area contributed by atoms with E-state index in [4.69, 9.17) is 9.26 Å². The number of aryl methyl sites for hydroxylation is 1. The minimum atomic E-state index is -0.596. The van der Waals surface area contributed by atoms with Crippen LogP contribution in [0.2, 0.25) is 0 Å². The molecule has 2 heterocycles. The number of carbonyl (C=O) groups excluding carboxylic acids is 2. The maximum Gasteiger partial charge on any atom is 0.338 e. The highest BCUT2D eigenvalue weighted by Gasteiger charge is 2.23. The molecule has 1 amide bonds. The largest absolute Gasteiger partial charge is 0.452 e. The second-order valence-corrected chi connectivity index (χ2v) is 7.44. The van der Waals surface area contributed by atoms with Crippen molar-refractivity contribution in [3.63, 3.8) is 0 Å². The molecule has 1 saturated heterocycles. The number of nitro groups is 1. The predicted octanol–water partition coefficient (Wildman–Crippen LogP) is 2.46. The molecule has 33 heavy (non-hydrogen) atoms. The van der Waals surface area contributed by atoms with Gasteiger partial charge < -0.3 is 19.1 Å². The fourth-order valence-electron chi connectivity index (χ4n) is 3.46. The molecule has 0 radical (unpaired) electrons. The SMILES string of the molecule is Cc1noc(-c2ccc(C(=O)OCC(=O)N3CCN(c4ccc([N+](=O)[O-])cc4)CC3)cc2)n1. The number of amides is 1. The Hall–Kier alpha value is -4.28. The first kappa shape index (κ1) is 21.9. The molecule has 0 N–H and O–H groups in total. The van der Waals surface area contributed by atoms with Gasteiger partial charge in [0.1, 0.15) is 0 Å². The van der Waals surface area contributed by atoms with Gasteiger partial charge in [-0.3, -0.25) is 14.9 Å². The normalized spacial score (nSPS) is 13.6. The second-order valence-electron chi connectivity index (χ2n) is 7.44. The molecule has 0 atom stereocenters. The van der Waals surface area contributed by atoms with Crippen LogP contribution in [0.4, 0.5) is 11.4 Å². The molecule has 4 rings (SSSR count). The van der Waals surface area contributed by atoms with Crippen molar-refractivity contribution in [3.8, 4) is 11.5 Å². The summed E-state index contributed by atoms with van der Waals surface area (Å²) in [4.78, 5) is 42.9. The number of benzene rings is 2. The van der Waals surface area contributed by atoms with Crippen molar-refractivity contribution in [2.75, 3.05) is 37.7 Å². The number of esters is 1. The smallest absolute Gasteiger partial charge is 0.338 e. The van der Waals surface area contributed by atoms with E-state index >= 15 is 0 Å². The van der Waals surface area contributed by atoms with Crippen LogP contribution in [-0.2, 0) is 9.53 Å². The number of aromatic nitrogens is 2. The zero-order valence-corrected chi connectivity index (χ0v) is 17.8. The van der Waals surface area contributed by atoms with Crippen molar-refractivity contribution >= 4 is 23.3 Å². The van der Waals surface area contributed by atoms with Gasteiger partial charge in [-0.05, 0) is 43.3 Å². The third-order valence-electron chi connectivity index (χ3n) is 5.28. The quantitative estimate of drug-likeness (QED) is 0.315. The minimum Gasteiger partial charge on any atom is -0.452 e. The van der Waals surface area contributed by atoms with Gasteiger partial charge in [-0.25, -0.2) is 4.79 Å². The Kier molecular flexibility index (Phi) is 6.29. The van der Waals surface area contributed by atoms with E-state index < -0.39 is 10.9 Å². The number of rotatable bonds is 6. The lowest BCUT2D eigenvalue weighted by atomic mass is 10.1. The van der Waals surface area contributed by atoms with E-state index in [2.05, 4.69) is 10.1 Å². The number of anilines is 1. The Balaban J connectivity index is 1.25. The van der Waals surface area contributed by atoms with E-state index in [1.54, 1.807) is 48.2 Å². The van der Waals surface area contributed by atoms with Crippen molar-refractivity contribution in [2.45, 2.75) is 6.92 Å². The molecule has 1 aliphatic rings. The number of nitro benzene ring substituents is 1. The van der Waals surface area contributed by atoms with Crippen LogP contribution < -0.4 is 4.90 Å². The number of non-ortho nitro benzene ring substituents is 1. The van der Waals surface area contributed by atoms with Crippen molar-refractivity contribution in [3.05, 3.63) is 70.0 Å². The molecule has 1 fully saturated rings. The highest BCUT2D eigenvalue weighted by atomic mass is 16.6. The molecule has 0 bridgehead atoms. The summed E-state index contributed by atoms with van der Waals surface area (Å²) in [6.45, 7) is 3.45. The zero-order valence-electron chi connectivity index (χ0n) is 17.8. The number of hydrogen-bond donors (Lipinski definition) is 0. The van der Waals surface area contributed by atoms with Gasteiger partial charge in [0.05, 0.1) is 10.5 Å². The molecule has 2 aromatic carbocycles. The summed E-state index contributed by atoms with van der Waals surface area (Å²) < 4.78 is 10.3. The molecule has 170 valence electrons. The summed E-state index contributed by atoms with van der Waals surface area (Å²) in [5.74, 6) is 0.00168. The summed E-state index contributed by atoms with van der Waals surface area (Å²) in [6.07, 6.45) is 0. The molecule has 11 heteroatoms. The lowest BCUT2D eigenvalue weighted by Gasteiger charge is -2.36. The van der Waals surface area contributed by atoms with E-state index in [9.17, 15) is 19.7 Å². The fraction of sp³-hybridized carbons (Fsp3) is 0.273. The van der Waals surface area contributed by atoms with Crippen molar-refractivity contribution < 1.29 is 23.8 Å². The monoisotopic (exact) mass is 451 g/mol. The Morgan fingerprint density at radius 2 is 1.73 bits per heavy atom. The first-order valence-corrected chi connectivity index (χ1v) is 10.3. The molecule has 0 unspecified atom stereocenters. The summed E-state index contributed by atoms with van der Waals surface area (Å²) in [5, 5.41) is 14.5. The maximum absolute atomic E-state index is 12.5. The average molecular weight is 451 g/mol. The first-order chi connectivity index (χ1) is 15.9. The molecule has 11 nitrogen and oxygen atoms in total. The number of carbonyl (C=O) groups is 2. The topological polar surface area (TPSA) is 132 Å². The highest BCUT2D eigenvalue weighted by Crippen LogP contribution is 2.21. The number of hydrogen-bond acceptors (Lipinski definition) is 9. The van der Waals surface area contributed by atoms with Gasteiger partial charge in [0.25, 0.3) is 17.5 Å². The van der Waals surface area contributed by atoms with Gasteiger partial charge in [0, 0.05) is 49.6 Å². The second kappa shape index (κ2) is 9.47. The third-order valence-corrected chi connectivity index (χ3v) is 5.28. The third kappa shape index (κ3) is 5.14. The van der Waals surface area contributed by atoms with E-state index in [1.807, 2.05) is 4.90 Å². The molecule has 0 spiro atoms. The molecule has 0 aliphatic carbocycles. The van der Waals surface area contributed by atoms with Gasteiger partial charge in [-0.2, -0.15) is 4.98 Å². The lowest BCUT2D eigenvalue weighted by molar-refractivity contribution is -0.384. The predicted molar refractivity (Wildman–Crippen MR) is 117 cm³/mol. The summed E-state index contributed by atoms with van der Waals surface area (Å²) in [5.41, 5.74) is 1.88. The van der Waals surface area contributed by atoms with Gasteiger partial charge in [-0.1, -0.05) is 5.16 Å². The van der Waals surface area contributed by atoms with Gasteiger partial charge >= 0.3 is 5.97 Å². The van der Waals surface area contributed by atoms with Gasteiger partial charge in [0.2, 0.25) is 0 Å². The van der Waals surface area contributed by atoms with Crippen molar-refractivity contribution in [1.29, 1.82) is 0 Å². The first-order valence-electron chi connectivity index (χ1n) is 10.3. The summed E-state index contributed by atoms with van der Waals surface area (Å²) in [6, 6.07) is 12.8. The molecular formula is C22H21N5O6. The van der Waals surface area contributed by atoms with Gasteiger partial charge in [-0.15, -0.1) is 0 Å². The van der Waals surface area contributed by atoms with Crippen molar-refractivity contribution in [1.82, 2.24) is 15.0 Å². The van der Waals surface area contributed by atoms with Crippen LogP contribution in [0.3, 0.4) is 0 Å². The Morgan fingerprint density at radius 3 is 2.30 bits per heavy atom. The number of piperazine rings is 1.